The van der Waals surface area contributed by atoms with Crippen LogP contribution < -0.4 is 0 Å². The zero-order valence-electron chi connectivity index (χ0n) is 41.6. The Morgan fingerprint density at radius 1 is 0.500 bits per heavy atom. The standard InChI is InChI=1S/C53H102NO7P/c1-6-8-10-12-14-16-18-20-22-24-25-26-27-28-29-30-31-33-35-37-39-41-43-45-48-58-50-52(51-60-62(56,57)59-49-47-54(3,4)5)61-53(55)46-44-42-40-38-36-34-32-23-21-19-17-15-13-11-9-7-2/h18,20,23-25,32,52H,6-17,19,21-22,26-31,33-51H2,1-5H3/p+1/b20-18-,25-24-,32-23-. The summed E-state index contributed by atoms with van der Waals surface area (Å²) >= 11 is 0. The van der Waals surface area contributed by atoms with Crippen LogP contribution in [0.3, 0.4) is 0 Å². The first-order valence-electron chi connectivity index (χ1n) is 26.2. The molecule has 366 valence electrons. The fourth-order valence-electron chi connectivity index (χ4n) is 7.34. The van der Waals surface area contributed by atoms with Crippen molar-refractivity contribution in [1.29, 1.82) is 0 Å². The number of nitrogens with zero attached hydrogens (tertiary/aromatic N) is 1. The van der Waals surface area contributed by atoms with E-state index in [0.29, 0.717) is 24.1 Å². The maximum Gasteiger partial charge on any atom is 0.472 e. The lowest BCUT2D eigenvalue weighted by molar-refractivity contribution is -0.870. The van der Waals surface area contributed by atoms with Gasteiger partial charge in [0.1, 0.15) is 19.3 Å². The molecule has 0 aliphatic rings. The highest BCUT2D eigenvalue weighted by atomic mass is 31.2. The number of carbonyl (C=O) groups is 1. The Labute approximate surface area is 385 Å². The van der Waals surface area contributed by atoms with E-state index in [9.17, 15) is 14.3 Å². The zero-order valence-corrected chi connectivity index (χ0v) is 42.5. The Morgan fingerprint density at radius 3 is 1.32 bits per heavy atom. The SMILES string of the molecule is CCCCCCC/C=C\C/C=C\CCCCCCCCCCCCCCOCC(COP(=O)(O)OCC[N+](C)(C)C)OC(=O)CCCCCCC/C=C\CCCCCCCCC. The zero-order chi connectivity index (χ0) is 45.5. The van der Waals surface area contributed by atoms with Crippen molar-refractivity contribution < 1.29 is 37.3 Å². The molecule has 1 N–H and O–H groups in total. The van der Waals surface area contributed by atoms with Crippen LogP contribution in [0.15, 0.2) is 36.5 Å². The molecule has 0 aliphatic heterocycles. The van der Waals surface area contributed by atoms with E-state index in [4.69, 9.17) is 18.5 Å². The third kappa shape index (κ3) is 49.7. The molecule has 0 aromatic rings. The molecule has 0 bridgehead atoms. The van der Waals surface area contributed by atoms with Gasteiger partial charge in [-0.15, -0.1) is 0 Å². The van der Waals surface area contributed by atoms with Crippen molar-refractivity contribution >= 4 is 13.8 Å². The molecule has 9 heteroatoms. The van der Waals surface area contributed by atoms with Gasteiger partial charge in [0.05, 0.1) is 34.4 Å². The number of phosphoric ester groups is 1. The summed E-state index contributed by atoms with van der Waals surface area (Å²) in [5.41, 5.74) is 0. The lowest BCUT2D eigenvalue weighted by atomic mass is 10.0. The second kappa shape index (κ2) is 46.3. The van der Waals surface area contributed by atoms with Crippen molar-refractivity contribution in [3.8, 4) is 0 Å². The first kappa shape index (κ1) is 60.7. The molecule has 0 spiro atoms. The molecule has 0 aliphatic carbocycles. The number of hydrogen-bond acceptors (Lipinski definition) is 6. The lowest BCUT2D eigenvalue weighted by Gasteiger charge is -2.24. The van der Waals surface area contributed by atoms with Gasteiger partial charge in [-0.2, -0.15) is 0 Å². The highest BCUT2D eigenvalue weighted by Crippen LogP contribution is 2.43. The van der Waals surface area contributed by atoms with Crippen molar-refractivity contribution in [2.45, 2.75) is 245 Å². The molecule has 0 radical (unpaired) electrons. The number of hydrogen-bond donors (Lipinski definition) is 1. The fraction of sp³-hybridized carbons (Fsp3) is 0.868. The van der Waals surface area contributed by atoms with Crippen molar-refractivity contribution in [3.63, 3.8) is 0 Å². The minimum Gasteiger partial charge on any atom is -0.457 e. The van der Waals surface area contributed by atoms with Crippen LogP contribution in [0.25, 0.3) is 0 Å². The predicted octanol–water partition coefficient (Wildman–Crippen LogP) is 16.1. The second-order valence-corrected chi connectivity index (χ2v) is 20.4. The number of likely N-dealkylation sites (N-methyl/N-ethyl adjacent to an activating group) is 1. The van der Waals surface area contributed by atoms with E-state index in [2.05, 4.69) is 50.3 Å². The van der Waals surface area contributed by atoms with E-state index < -0.39 is 13.9 Å². The average Bonchev–Trinajstić information content (AvgIpc) is 3.23. The topological polar surface area (TPSA) is 91.3 Å². The quantitative estimate of drug-likeness (QED) is 0.0214. The Bertz CT molecular complexity index is 1090. The molecule has 2 unspecified atom stereocenters. The number of quaternary nitrogens is 1. The minimum atomic E-state index is -4.28. The molecule has 0 saturated heterocycles. The second-order valence-electron chi connectivity index (χ2n) is 18.9. The van der Waals surface area contributed by atoms with Crippen molar-refractivity contribution in [2.24, 2.45) is 0 Å². The van der Waals surface area contributed by atoms with Crippen LogP contribution in [-0.4, -0.2) is 75.6 Å². The maximum absolute atomic E-state index is 12.7. The molecule has 0 aromatic heterocycles. The van der Waals surface area contributed by atoms with Gasteiger partial charge in [-0.1, -0.05) is 198 Å². The summed E-state index contributed by atoms with van der Waals surface area (Å²) in [5.74, 6) is -0.320. The third-order valence-corrected chi connectivity index (χ3v) is 12.4. The van der Waals surface area contributed by atoms with Crippen LogP contribution in [0.1, 0.15) is 239 Å². The van der Waals surface area contributed by atoms with Gasteiger partial charge in [0, 0.05) is 13.0 Å². The minimum absolute atomic E-state index is 0.0874. The Hall–Kier alpha value is -1.28. The summed E-state index contributed by atoms with van der Waals surface area (Å²) in [6, 6.07) is 0. The number of carbonyl (C=O) groups excluding carboxylic acids is 1. The van der Waals surface area contributed by atoms with E-state index in [0.717, 1.165) is 51.4 Å². The van der Waals surface area contributed by atoms with E-state index in [1.165, 1.54) is 167 Å². The van der Waals surface area contributed by atoms with Crippen molar-refractivity contribution in [3.05, 3.63) is 36.5 Å². The summed E-state index contributed by atoms with van der Waals surface area (Å²) < 4.78 is 35.2. The van der Waals surface area contributed by atoms with E-state index in [1.54, 1.807) is 0 Å². The van der Waals surface area contributed by atoms with Gasteiger partial charge < -0.3 is 18.9 Å². The lowest BCUT2D eigenvalue weighted by Crippen LogP contribution is -2.37. The Morgan fingerprint density at radius 2 is 0.887 bits per heavy atom. The summed E-state index contributed by atoms with van der Waals surface area (Å²) in [5, 5.41) is 0. The monoisotopic (exact) mass is 897 g/mol. The fourth-order valence-corrected chi connectivity index (χ4v) is 8.09. The Kier molecular flexibility index (Phi) is 45.3. The molecule has 0 heterocycles. The molecule has 62 heavy (non-hydrogen) atoms. The summed E-state index contributed by atoms with van der Waals surface area (Å²) in [4.78, 5) is 23.0. The molecule has 0 fully saturated rings. The number of allylic oxidation sites excluding steroid dienone is 6. The number of ether oxygens (including phenoxy) is 2. The molecule has 2 atom stereocenters. The van der Waals surface area contributed by atoms with Crippen LogP contribution >= 0.6 is 7.82 Å². The molecule has 0 amide bonds. The highest BCUT2D eigenvalue weighted by Gasteiger charge is 2.26. The number of rotatable bonds is 49. The van der Waals surface area contributed by atoms with Crippen LogP contribution in [0.4, 0.5) is 0 Å². The van der Waals surface area contributed by atoms with E-state index in [-0.39, 0.29) is 25.8 Å². The number of unbranched alkanes of at least 4 members (excludes halogenated alkanes) is 29. The van der Waals surface area contributed by atoms with Gasteiger partial charge in [0.2, 0.25) is 0 Å². The van der Waals surface area contributed by atoms with Gasteiger partial charge in [-0.05, 0) is 70.6 Å². The summed E-state index contributed by atoms with van der Waals surface area (Å²) in [6.07, 6.45) is 56.2. The Balaban J connectivity index is 4.10. The molecular weight excluding hydrogens is 794 g/mol. The summed E-state index contributed by atoms with van der Waals surface area (Å²) in [7, 11) is 1.67. The van der Waals surface area contributed by atoms with Crippen LogP contribution in [0.2, 0.25) is 0 Å². The average molecular weight is 897 g/mol. The van der Waals surface area contributed by atoms with Crippen LogP contribution in [-0.2, 0) is 27.9 Å². The first-order valence-corrected chi connectivity index (χ1v) is 27.7. The predicted molar refractivity (Wildman–Crippen MR) is 266 cm³/mol. The smallest absolute Gasteiger partial charge is 0.457 e. The summed E-state index contributed by atoms with van der Waals surface area (Å²) in [6.45, 7) is 5.63. The van der Waals surface area contributed by atoms with Gasteiger partial charge in [0.15, 0.2) is 0 Å². The molecule has 8 nitrogen and oxygen atoms in total. The van der Waals surface area contributed by atoms with Crippen LogP contribution in [0, 0.1) is 0 Å². The van der Waals surface area contributed by atoms with Crippen molar-refractivity contribution in [2.75, 3.05) is 54.1 Å². The molecule has 0 saturated carbocycles. The largest absolute Gasteiger partial charge is 0.472 e. The number of phosphoric acid groups is 1. The van der Waals surface area contributed by atoms with E-state index >= 15 is 0 Å². The van der Waals surface area contributed by atoms with Crippen LogP contribution in [0.5, 0.6) is 0 Å². The van der Waals surface area contributed by atoms with Gasteiger partial charge in [0.25, 0.3) is 0 Å². The molecular formula is C53H103NO7P+. The highest BCUT2D eigenvalue weighted by molar-refractivity contribution is 7.47. The van der Waals surface area contributed by atoms with Gasteiger partial charge in [-0.25, -0.2) is 4.57 Å². The van der Waals surface area contributed by atoms with Crippen molar-refractivity contribution in [1.82, 2.24) is 0 Å². The third-order valence-electron chi connectivity index (χ3n) is 11.4. The maximum atomic E-state index is 12.7. The first-order chi connectivity index (χ1) is 30.1. The number of esters is 1. The molecule has 0 rings (SSSR count). The normalized spacial score (nSPS) is 13.8. The van der Waals surface area contributed by atoms with E-state index in [1.807, 2.05) is 21.1 Å². The molecule has 0 aromatic carbocycles. The van der Waals surface area contributed by atoms with Gasteiger partial charge >= 0.3 is 13.8 Å². The van der Waals surface area contributed by atoms with Gasteiger partial charge in [-0.3, -0.25) is 13.8 Å².